The molecule has 2 aromatic rings. The molecular formula is C18H23N3O3. The highest BCUT2D eigenvalue weighted by Gasteiger charge is 2.15. The minimum Gasteiger partial charge on any atom is -0.494 e. The van der Waals surface area contributed by atoms with Gasteiger partial charge in [0.15, 0.2) is 0 Å². The Morgan fingerprint density at radius 3 is 2.62 bits per heavy atom. The molecule has 0 aliphatic carbocycles. The van der Waals surface area contributed by atoms with Crippen molar-refractivity contribution in [1.82, 2.24) is 14.7 Å². The zero-order chi connectivity index (χ0) is 16.8. The first-order chi connectivity index (χ1) is 11.7. The van der Waals surface area contributed by atoms with Crippen molar-refractivity contribution in [2.75, 3.05) is 32.9 Å². The second kappa shape index (κ2) is 7.97. The van der Waals surface area contributed by atoms with Crippen LogP contribution in [-0.4, -0.2) is 53.5 Å². The predicted molar refractivity (Wildman–Crippen MR) is 90.8 cm³/mol. The van der Waals surface area contributed by atoms with Crippen molar-refractivity contribution < 1.29 is 14.3 Å². The molecule has 0 unspecified atom stereocenters. The van der Waals surface area contributed by atoms with E-state index in [1.165, 1.54) is 0 Å². The van der Waals surface area contributed by atoms with Crippen LogP contribution < -0.4 is 4.74 Å². The number of nitrogens with zero attached hydrogens (tertiary/aromatic N) is 3. The number of ether oxygens (including phenoxy) is 2. The second-order valence-electron chi connectivity index (χ2n) is 5.87. The number of amides is 1. The first-order valence-electron chi connectivity index (χ1n) is 8.30. The van der Waals surface area contributed by atoms with Crippen LogP contribution in [-0.2, 0) is 16.6 Å². The topological polar surface area (TPSA) is 56.6 Å². The van der Waals surface area contributed by atoms with E-state index >= 15 is 0 Å². The summed E-state index contributed by atoms with van der Waals surface area (Å²) < 4.78 is 12.8. The average Bonchev–Trinajstić information content (AvgIpc) is 3.06. The SMILES string of the molecule is Cn1cc(-c2ccc(OCCCC(=O)N3CCOCC3)cc2)cn1. The fourth-order valence-electron chi connectivity index (χ4n) is 2.70. The lowest BCUT2D eigenvalue weighted by molar-refractivity contribution is -0.135. The monoisotopic (exact) mass is 329 g/mol. The van der Waals surface area contributed by atoms with Crippen LogP contribution in [0.4, 0.5) is 0 Å². The van der Waals surface area contributed by atoms with Crippen LogP contribution in [0.5, 0.6) is 5.75 Å². The molecule has 2 heterocycles. The summed E-state index contributed by atoms with van der Waals surface area (Å²) in [4.78, 5) is 13.9. The average molecular weight is 329 g/mol. The minimum absolute atomic E-state index is 0.189. The summed E-state index contributed by atoms with van der Waals surface area (Å²) in [6, 6.07) is 7.94. The lowest BCUT2D eigenvalue weighted by Gasteiger charge is -2.26. The molecule has 1 aromatic carbocycles. The van der Waals surface area contributed by atoms with E-state index in [9.17, 15) is 4.79 Å². The summed E-state index contributed by atoms with van der Waals surface area (Å²) in [5, 5.41) is 4.17. The van der Waals surface area contributed by atoms with E-state index in [0.717, 1.165) is 23.3 Å². The molecule has 0 N–H and O–H groups in total. The molecule has 6 heteroatoms. The van der Waals surface area contributed by atoms with Crippen LogP contribution in [0.3, 0.4) is 0 Å². The zero-order valence-corrected chi connectivity index (χ0v) is 14.0. The Morgan fingerprint density at radius 1 is 1.21 bits per heavy atom. The van der Waals surface area contributed by atoms with Gasteiger partial charge in [-0.2, -0.15) is 5.10 Å². The molecule has 1 aliphatic rings. The van der Waals surface area contributed by atoms with Gasteiger partial charge in [-0.1, -0.05) is 12.1 Å². The van der Waals surface area contributed by atoms with E-state index < -0.39 is 0 Å². The summed E-state index contributed by atoms with van der Waals surface area (Å²) in [5.41, 5.74) is 2.19. The minimum atomic E-state index is 0.189. The molecule has 1 aromatic heterocycles. The normalized spacial score (nSPS) is 14.6. The molecule has 6 nitrogen and oxygen atoms in total. The van der Waals surface area contributed by atoms with Crippen LogP contribution in [0.15, 0.2) is 36.7 Å². The van der Waals surface area contributed by atoms with Gasteiger partial charge in [-0.25, -0.2) is 0 Å². The third-order valence-electron chi connectivity index (χ3n) is 4.06. The number of morpholine rings is 1. The Hall–Kier alpha value is -2.34. The van der Waals surface area contributed by atoms with Gasteiger partial charge in [-0.3, -0.25) is 9.48 Å². The summed E-state index contributed by atoms with van der Waals surface area (Å²) in [5.74, 6) is 1.01. The third kappa shape index (κ3) is 4.35. The first-order valence-corrected chi connectivity index (χ1v) is 8.30. The fourth-order valence-corrected chi connectivity index (χ4v) is 2.70. The van der Waals surface area contributed by atoms with E-state index in [1.807, 2.05) is 48.6 Å². The zero-order valence-electron chi connectivity index (χ0n) is 14.0. The van der Waals surface area contributed by atoms with Gasteiger partial charge in [-0.15, -0.1) is 0 Å². The van der Waals surface area contributed by atoms with E-state index in [2.05, 4.69) is 5.10 Å². The number of carbonyl (C=O) groups excluding carboxylic acids is 1. The molecule has 0 spiro atoms. The molecule has 24 heavy (non-hydrogen) atoms. The maximum atomic E-state index is 12.0. The van der Waals surface area contributed by atoms with Crippen molar-refractivity contribution in [3.8, 4) is 16.9 Å². The Morgan fingerprint density at radius 2 is 1.96 bits per heavy atom. The van der Waals surface area contributed by atoms with Crippen molar-refractivity contribution in [2.45, 2.75) is 12.8 Å². The largest absolute Gasteiger partial charge is 0.494 e. The molecule has 0 radical (unpaired) electrons. The van der Waals surface area contributed by atoms with Crippen LogP contribution >= 0.6 is 0 Å². The lowest BCUT2D eigenvalue weighted by atomic mass is 10.1. The van der Waals surface area contributed by atoms with Crippen molar-refractivity contribution in [3.63, 3.8) is 0 Å². The second-order valence-corrected chi connectivity index (χ2v) is 5.87. The summed E-state index contributed by atoms with van der Waals surface area (Å²) >= 11 is 0. The van der Waals surface area contributed by atoms with Gasteiger partial charge < -0.3 is 14.4 Å². The van der Waals surface area contributed by atoms with Crippen molar-refractivity contribution in [2.24, 2.45) is 7.05 Å². The molecule has 128 valence electrons. The highest BCUT2D eigenvalue weighted by Crippen LogP contribution is 2.21. The van der Waals surface area contributed by atoms with E-state index in [-0.39, 0.29) is 5.91 Å². The van der Waals surface area contributed by atoms with Gasteiger partial charge in [0, 0.05) is 38.3 Å². The number of rotatable bonds is 6. The molecule has 1 saturated heterocycles. The molecule has 0 atom stereocenters. The molecule has 1 fully saturated rings. The number of aromatic nitrogens is 2. The highest BCUT2D eigenvalue weighted by molar-refractivity contribution is 5.76. The number of aryl methyl sites for hydroxylation is 1. The van der Waals surface area contributed by atoms with Gasteiger partial charge in [-0.05, 0) is 24.1 Å². The third-order valence-corrected chi connectivity index (χ3v) is 4.06. The standard InChI is InChI=1S/C18H23N3O3/c1-20-14-16(13-19-20)15-4-6-17(7-5-15)24-10-2-3-18(22)21-8-11-23-12-9-21/h4-7,13-14H,2-3,8-12H2,1H3. The van der Waals surface area contributed by atoms with Crippen LogP contribution in [0, 0.1) is 0 Å². The van der Waals surface area contributed by atoms with Crippen LogP contribution in [0.2, 0.25) is 0 Å². The van der Waals surface area contributed by atoms with E-state index in [0.29, 0.717) is 39.3 Å². The number of carbonyl (C=O) groups is 1. The summed E-state index contributed by atoms with van der Waals surface area (Å²) in [7, 11) is 1.90. The number of hydrogen-bond acceptors (Lipinski definition) is 4. The Balaban J connectivity index is 1.41. The predicted octanol–water partition coefficient (Wildman–Crippen LogP) is 2.10. The maximum Gasteiger partial charge on any atom is 0.222 e. The van der Waals surface area contributed by atoms with E-state index in [4.69, 9.17) is 9.47 Å². The van der Waals surface area contributed by atoms with Crippen molar-refractivity contribution in [3.05, 3.63) is 36.7 Å². The smallest absolute Gasteiger partial charge is 0.222 e. The first kappa shape index (κ1) is 16.5. The highest BCUT2D eigenvalue weighted by atomic mass is 16.5. The van der Waals surface area contributed by atoms with Gasteiger partial charge in [0.05, 0.1) is 26.0 Å². The summed E-state index contributed by atoms with van der Waals surface area (Å²) in [6.45, 7) is 3.24. The van der Waals surface area contributed by atoms with Crippen molar-refractivity contribution >= 4 is 5.91 Å². The molecule has 1 aliphatic heterocycles. The molecule has 3 rings (SSSR count). The van der Waals surface area contributed by atoms with Gasteiger partial charge in [0.2, 0.25) is 5.91 Å². The molecular weight excluding hydrogens is 306 g/mol. The van der Waals surface area contributed by atoms with Crippen LogP contribution in [0.25, 0.3) is 11.1 Å². The molecule has 1 amide bonds. The Labute approximate surface area is 142 Å². The van der Waals surface area contributed by atoms with Gasteiger partial charge in [0.25, 0.3) is 0 Å². The Bertz CT molecular complexity index is 660. The number of benzene rings is 1. The Kier molecular flexibility index (Phi) is 5.48. The lowest BCUT2D eigenvalue weighted by Crippen LogP contribution is -2.40. The maximum absolute atomic E-state index is 12.0. The van der Waals surface area contributed by atoms with Crippen molar-refractivity contribution in [1.29, 1.82) is 0 Å². The molecule has 0 saturated carbocycles. The van der Waals surface area contributed by atoms with Gasteiger partial charge >= 0.3 is 0 Å². The van der Waals surface area contributed by atoms with E-state index in [1.54, 1.807) is 4.68 Å². The fraction of sp³-hybridized carbons (Fsp3) is 0.444. The summed E-state index contributed by atoms with van der Waals surface area (Å²) in [6.07, 6.45) is 5.06. The van der Waals surface area contributed by atoms with Crippen LogP contribution in [0.1, 0.15) is 12.8 Å². The molecule has 0 bridgehead atoms. The number of hydrogen-bond donors (Lipinski definition) is 0. The quantitative estimate of drug-likeness (QED) is 0.762. The van der Waals surface area contributed by atoms with Gasteiger partial charge in [0.1, 0.15) is 5.75 Å².